The summed E-state index contributed by atoms with van der Waals surface area (Å²) in [6.45, 7) is 0.240. The first-order valence-electron chi connectivity index (χ1n) is 9.36. The monoisotopic (exact) mass is 488 g/mol. The summed E-state index contributed by atoms with van der Waals surface area (Å²) in [6.07, 6.45) is 3.25. The summed E-state index contributed by atoms with van der Waals surface area (Å²) in [6, 6.07) is 2.97. The fraction of sp³-hybridized carbons (Fsp3) is 0.190. The third-order valence-electron chi connectivity index (χ3n) is 5.56. The van der Waals surface area contributed by atoms with Gasteiger partial charge in [0.15, 0.2) is 11.6 Å². The van der Waals surface area contributed by atoms with Crippen molar-refractivity contribution in [2.45, 2.75) is 12.6 Å². The van der Waals surface area contributed by atoms with Crippen LogP contribution >= 0.6 is 15.9 Å². The number of H-pyrrole nitrogens is 2. The van der Waals surface area contributed by atoms with Crippen molar-refractivity contribution in [2.75, 3.05) is 13.7 Å². The van der Waals surface area contributed by atoms with Gasteiger partial charge < -0.3 is 19.6 Å². The molecule has 4 heterocycles. The van der Waals surface area contributed by atoms with Crippen LogP contribution in [0.3, 0.4) is 0 Å². The molecule has 0 bridgehead atoms. The van der Waals surface area contributed by atoms with Crippen LogP contribution in [0.5, 0.6) is 0 Å². The fourth-order valence-corrected chi connectivity index (χ4v) is 4.46. The molecule has 2 N–H and O–H groups in total. The zero-order valence-corrected chi connectivity index (χ0v) is 17.7. The van der Waals surface area contributed by atoms with Crippen LogP contribution in [0.15, 0.2) is 39.9 Å². The van der Waals surface area contributed by atoms with Crippen LogP contribution in [-0.2, 0) is 11.3 Å². The minimum absolute atomic E-state index is 0.0195. The van der Waals surface area contributed by atoms with Crippen molar-refractivity contribution >= 4 is 43.5 Å². The van der Waals surface area contributed by atoms with Gasteiger partial charge in [-0.1, -0.05) is 0 Å². The van der Waals surface area contributed by atoms with Gasteiger partial charge in [0.1, 0.15) is 5.69 Å². The van der Waals surface area contributed by atoms with Crippen molar-refractivity contribution in [1.29, 1.82) is 0 Å². The first-order chi connectivity index (χ1) is 14.8. The average Bonchev–Trinajstić information content (AvgIpc) is 3.19. The number of halogens is 3. The molecule has 158 valence electrons. The van der Waals surface area contributed by atoms with Gasteiger partial charge in [0.25, 0.3) is 11.5 Å². The number of rotatable bonds is 2. The summed E-state index contributed by atoms with van der Waals surface area (Å²) >= 11 is 3.41. The molecule has 0 saturated heterocycles. The third-order valence-corrected chi connectivity index (χ3v) is 6.19. The molecule has 1 aromatic carbocycles. The van der Waals surface area contributed by atoms with Crippen LogP contribution in [0.4, 0.5) is 8.78 Å². The number of aromatic amines is 2. The Morgan fingerprint density at radius 2 is 1.90 bits per heavy atom. The van der Waals surface area contributed by atoms with E-state index in [1.807, 2.05) is 0 Å². The highest BCUT2D eigenvalue weighted by molar-refractivity contribution is 9.10. The Balaban J connectivity index is 1.62. The number of fused-ring (bicyclic) bond motifs is 4. The van der Waals surface area contributed by atoms with E-state index in [-0.39, 0.29) is 29.9 Å². The van der Waals surface area contributed by atoms with Gasteiger partial charge in [-0.15, -0.1) is 0 Å². The molecule has 5 rings (SSSR count). The van der Waals surface area contributed by atoms with Gasteiger partial charge in [-0.2, -0.15) is 0 Å². The highest BCUT2D eigenvalue weighted by Crippen LogP contribution is 2.34. The number of hydrogen-bond acceptors (Lipinski definition) is 4. The number of benzene rings is 1. The zero-order valence-electron chi connectivity index (χ0n) is 16.1. The second kappa shape index (κ2) is 7.24. The quantitative estimate of drug-likeness (QED) is 0.449. The lowest BCUT2D eigenvalue weighted by atomic mass is 9.95. The van der Waals surface area contributed by atoms with Crippen LogP contribution < -0.4 is 5.56 Å². The highest BCUT2D eigenvalue weighted by Gasteiger charge is 2.32. The first-order valence-corrected chi connectivity index (χ1v) is 10.2. The number of pyridine rings is 2. The van der Waals surface area contributed by atoms with E-state index in [2.05, 4.69) is 30.9 Å². The van der Waals surface area contributed by atoms with Crippen LogP contribution in [0.1, 0.15) is 27.8 Å². The molecule has 0 radical (unpaired) electrons. The van der Waals surface area contributed by atoms with Gasteiger partial charge in [0.05, 0.1) is 36.4 Å². The topological polar surface area (TPSA) is 91.1 Å². The van der Waals surface area contributed by atoms with E-state index in [9.17, 15) is 18.4 Å². The maximum Gasteiger partial charge on any atom is 0.270 e. The summed E-state index contributed by atoms with van der Waals surface area (Å²) in [5.41, 5.74) is 1.46. The molecule has 0 saturated carbocycles. The van der Waals surface area contributed by atoms with Crippen molar-refractivity contribution in [3.8, 4) is 0 Å². The average molecular weight is 489 g/mol. The van der Waals surface area contributed by atoms with E-state index in [1.54, 1.807) is 25.5 Å². The van der Waals surface area contributed by atoms with Crippen molar-refractivity contribution in [2.24, 2.45) is 0 Å². The number of carbonyl (C=O) groups is 1. The molecule has 1 atom stereocenters. The zero-order chi connectivity index (χ0) is 21.9. The summed E-state index contributed by atoms with van der Waals surface area (Å²) in [5.74, 6) is -2.50. The molecule has 0 spiro atoms. The molecule has 0 fully saturated rings. The van der Waals surface area contributed by atoms with E-state index < -0.39 is 23.2 Å². The minimum atomic E-state index is -1.11. The van der Waals surface area contributed by atoms with E-state index in [1.165, 1.54) is 4.90 Å². The van der Waals surface area contributed by atoms with Crippen molar-refractivity contribution < 1.29 is 18.3 Å². The van der Waals surface area contributed by atoms with Crippen molar-refractivity contribution in [3.63, 3.8) is 0 Å². The second-order valence-corrected chi connectivity index (χ2v) is 8.23. The lowest BCUT2D eigenvalue weighted by Crippen LogP contribution is -2.37. The molecule has 7 nitrogen and oxygen atoms in total. The second-order valence-electron chi connectivity index (χ2n) is 7.37. The lowest BCUT2D eigenvalue weighted by molar-refractivity contribution is 0.0333. The van der Waals surface area contributed by atoms with Crippen molar-refractivity contribution in [3.05, 3.63) is 74.0 Å². The fourth-order valence-electron chi connectivity index (χ4n) is 4.01. The van der Waals surface area contributed by atoms with E-state index in [0.29, 0.717) is 22.5 Å². The molecule has 10 heteroatoms. The standard InChI is InChI=1S/C21H15BrF2N4O3/c1-28(21(30)15-4-11-12(22)5-25-6-16(11)26-15)18-8-31-7-17-19(18)9-2-13(23)14(24)3-10(9)20(29)27-17/h2-6,18,26H,7-8H2,1H3,(H,27,29)/t18-/m0/s1. The van der Waals surface area contributed by atoms with Crippen LogP contribution in [0.25, 0.3) is 21.7 Å². The number of aromatic nitrogens is 3. The Morgan fingerprint density at radius 1 is 1.16 bits per heavy atom. The van der Waals surface area contributed by atoms with E-state index in [4.69, 9.17) is 4.74 Å². The number of likely N-dealkylation sites (N-methyl/N-ethyl adjacent to an activating group) is 1. The predicted octanol–water partition coefficient (Wildman–Crippen LogP) is 3.79. The molecular formula is C21H15BrF2N4O3. The number of nitrogens with one attached hydrogen (secondary N) is 2. The SMILES string of the molecule is CN(C(=O)c1cc2c(Br)cncc2[nH]1)[C@H]1COCc2[nH]c(=O)c3cc(F)c(F)cc3c21. The molecule has 31 heavy (non-hydrogen) atoms. The summed E-state index contributed by atoms with van der Waals surface area (Å²) in [5, 5.41) is 1.08. The first kappa shape index (κ1) is 19.8. The van der Waals surface area contributed by atoms with Crippen LogP contribution in [-0.4, -0.2) is 39.4 Å². The van der Waals surface area contributed by atoms with Gasteiger partial charge in [0.2, 0.25) is 0 Å². The maximum atomic E-state index is 14.0. The van der Waals surface area contributed by atoms with Gasteiger partial charge in [-0.25, -0.2) is 8.78 Å². The number of hydrogen-bond donors (Lipinski definition) is 2. The van der Waals surface area contributed by atoms with E-state index >= 15 is 0 Å². The molecule has 1 amide bonds. The normalized spacial score (nSPS) is 15.9. The van der Waals surface area contributed by atoms with Gasteiger partial charge in [-0.3, -0.25) is 14.6 Å². The minimum Gasteiger partial charge on any atom is -0.373 e. The Labute approximate surface area is 182 Å². The Morgan fingerprint density at radius 3 is 2.65 bits per heavy atom. The Hall–Kier alpha value is -3.11. The number of nitrogens with zero attached hydrogens (tertiary/aromatic N) is 2. The molecule has 1 aliphatic rings. The summed E-state index contributed by atoms with van der Waals surface area (Å²) < 4.78 is 34.2. The number of amides is 1. The summed E-state index contributed by atoms with van der Waals surface area (Å²) in [7, 11) is 1.60. The highest BCUT2D eigenvalue weighted by atomic mass is 79.9. The lowest BCUT2D eigenvalue weighted by Gasteiger charge is -2.33. The Bertz CT molecular complexity index is 1430. The van der Waals surface area contributed by atoms with Gasteiger partial charge >= 0.3 is 0 Å². The Kier molecular flexibility index (Phi) is 4.63. The van der Waals surface area contributed by atoms with Crippen LogP contribution in [0, 0.1) is 11.6 Å². The maximum absolute atomic E-state index is 14.0. The molecule has 4 aromatic rings. The van der Waals surface area contributed by atoms with E-state index in [0.717, 1.165) is 22.0 Å². The van der Waals surface area contributed by atoms with Crippen molar-refractivity contribution in [1.82, 2.24) is 19.9 Å². The summed E-state index contributed by atoms with van der Waals surface area (Å²) in [4.78, 5) is 36.9. The van der Waals surface area contributed by atoms with Crippen LogP contribution in [0.2, 0.25) is 0 Å². The molecule has 3 aromatic heterocycles. The number of carbonyl (C=O) groups excluding carboxylic acids is 1. The molecule has 0 aliphatic carbocycles. The third kappa shape index (κ3) is 3.14. The van der Waals surface area contributed by atoms with Gasteiger partial charge in [0, 0.05) is 34.4 Å². The smallest absolute Gasteiger partial charge is 0.270 e. The molecular weight excluding hydrogens is 474 g/mol. The van der Waals surface area contributed by atoms with Gasteiger partial charge in [-0.05, 0) is 39.5 Å². The number of ether oxygens (including phenoxy) is 1. The molecule has 0 unspecified atom stereocenters. The largest absolute Gasteiger partial charge is 0.373 e. The molecule has 1 aliphatic heterocycles. The predicted molar refractivity (Wildman–Crippen MR) is 113 cm³/mol.